The van der Waals surface area contributed by atoms with Crippen LogP contribution in [0, 0.1) is 12.8 Å². The molecule has 0 bridgehead atoms. The maximum atomic E-state index is 14.5. The molecule has 0 heterocycles. The van der Waals surface area contributed by atoms with E-state index in [1.807, 2.05) is 51.1 Å². The van der Waals surface area contributed by atoms with E-state index in [1.54, 1.807) is 48.5 Å². The highest BCUT2D eigenvalue weighted by atomic mass is 35.5. The SMILES string of the molecule is Cc1ccc(S(=O)(=O)N(CC(=O)N(Cc2ccc(Cl)c(Cl)c2)[C@H](Cc2ccccc2)C(=O)NCC(C)C)c2cccc(Cl)c2)cc1. The van der Waals surface area contributed by atoms with E-state index in [1.165, 1.54) is 23.1 Å². The summed E-state index contributed by atoms with van der Waals surface area (Å²) < 4.78 is 29.3. The third-order valence-electron chi connectivity index (χ3n) is 7.28. The van der Waals surface area contributed by atoms with Gasteiger partial charge in [-0.1, -0.05) is 109 Å². The highest BCUT2D eigenvalue weighted by Gasteiger charge is 2.34. The van der Waals surface area contributed by atoms with Crippen LogP contribution in [0.4, 0.5) is 5.69 Å². The number of halogens is 3. The molecule has 0 aliphatic rings. The topological polar surface area (TPSA) is 86.8 Å². The first-order valence-electron chi connectivity index (χ1n) is 14.7. The average molecular weight is 701 g/mol. The van der Waals surface area contributed by atoms with Gasteiger partial charge >= 0.3 is 0 Å². The van der Waals surface area contributed by atoms with Gasteiger partial charge in [0.1, 0.15) is 12.6 Å². The highest BCUT2D eigenvalue weighted by Crippen LogP contribution is 2.28. The Kier molecular flexibility index (Phi) is 12.1. The number of nitrogens with one attached hydrogen (secondary N) is 1. The third-order valence-corrected chi connectivity index (χ3v) is 10.0. The minimum Gasteiger partial charge on any atom is -0.354 e. The van der Waals surface area contributed by atoms with Crippen LogP contribution in [0.1, 0.15) is 30.5 Å². The number of benzene rings is 4. The van der Waals surface area contributed by atoms with E-state index < -0.39 is 28.5 Å². The second-order valence-electron chi connectivity index (χ2n) is 11.4. The van der Waals surface area contributed by atoms with E-state index in [0.29, 0.717) is 22.2 Å². The number of hydrogen-bond donors (Lipinski definition) is 1. The first kappa shape index (κ1) is 35.3. The molecule has 4 aromatic carbocycles. The number of anilines is 1. The van der Waals surface area contributed by atoms with Crippen molar-refractivity contribution in [2.75, 3.05) is 17.4 Å². The Bertz CT molecular complexity index is 1770. The van der Waals surface area contributed by atoms with Crippen LogP contribution in [0.2, 0.25) is 15.1 Å². The van der Waals surface area contributed by atoms with Crippen molar-refractivity contribution in [3.8, 4) is 0 Å². The lowest BCUT2D eigenvalue weighted by atomic mass is 10.0. The summed E-state index contributed by atoms with van der Waals surface area (Å²) in [5, 5.41) is 3.90. The van der Waals surface area contributed by atoms with Gasteiger partial charge in [-0.15, -0.1) is 0 Å². The molecule has 0 saturated heterocycles. The van der Waals surface area contributed by atoms with Gasteiger partial charge in [0.2, 0.25) is 11.8 Å². The molecule has 0 aliphatic carbocycles. The van der Waals surface area contributed by atoms with Crippen LogP contribution in [-0.4, -0.2) is 44.3 Å². The summed E-state index contributed by atoms with van der Waals surface area (Å²) >= 11 is 18.8. The molecule has 11 heteroatoms. The number of aryl methyl sites for hydroxylation is 1. The number of nitrogens with zero attached hydrogens (tertiary/aromatic N) is 2. The quantitative estimate of drug-likeness (QED) is 0.156. The van der Waals surface area contributed by atoms with Gasteiger partial charge in [-0.2, -0.15) is 0 Å². The Morgan fingerprint density at radius 2 is 1.50 bits per heavy atom. The van der Waals surface area contributed by atoms with Gasteiger partial charge in [0.25, 0.3) is 10.0 Å². The molecule has 0 spiro atoms. The maximum absolute atomic E-state index is 14.5. The molecule has 2 amide bonds. The van der Waals surface area contributed by atoms with Gasteiger partial charge in [-0.05, 0) is 66.4 Å². The third kappa shape index (κ3) is 9.26. The minimum atomic E-state index is -4.24. The van der Waals surface area contributed by atoms with Crippen LogP contribution in [0.5, 0.6) is 0 Å². The molecule has 0 radical (unpaired) electrons. The molecule has 1 N–H and O–H groups in total. The Hall–Kier alpha value is -3.56. The van der Waals surface area contributed by atoms with Crippen molar-refractivity contribution >= 4 is 62.3 Å². The lowest BCUT2D eigenvalue weighted by Gasteiger charge is -2.34. The number of carbonyl (C=O) groups excluding carboxylic acids is 2. The molecule has 4 aromatic rings. The van der Waals surface area contributed by atoms with E-state index in [-0.39, 0.29) is 40.4 Å². The second kappa shape index (κ2) is 15.8. The fourth-order valence-electron chi connectivity index (χ4n) is 4.81. The molecule has 1 atom stereocenters. The largest absolute Gasteiger partial charge is 0.354 e. The molecule has 0 saturated carbocycles. The standard InChI is InChI=1S/C35H36Cl3N3O4S/c1-24(2)21-39-35(43)33(19-26-8-5-4-6-9-26)40(22-27-14-17-31(37)32(38)18-27)34(42)23-41(29-11-7-10-28(36)20-29)46(44,45)30-15-12-25(3)13-16-30/h4-18,20,24,33H,19,21-23H2,1-3H3,(H,39,43)/t33-/m1/s1. The van der Waals surface area contributed by atoms with Crippen LogP contribution in [-0.2, 0) is 32.6 Å². The molecule has 7 nitrogen and oxygen atoms in total. The summed E-state index contributed by atoms with van der Waals surface area (Å²) in [5.74, 6) is -0.789. The van der Waals surface area contributed by atoms with E-state index in [9.17, 15) is 18.0 Å². The fourth-order valence-corrected chi connectivity index (χ4v) is 6.72. The van der Waals surface area contributed by atoms with E-state index in [4.69, 9.17) is 34.8 Å². The summed E-state index contributed by atoms with van der Waals surface area (Å²) in [4.78, 5) is 29.8. The Labute approximate surface area is 286 Å². The predicted molar refractivity (Wildman–Crippen MR) is 186 cm³/mol. The van der Waals surface area contributed by atoms with Crippen molar-refractivity contribution < 1.29 is 18.0 Å². The lowest BCUT2D eigenvalue weighted by Crippen LogP contribution is -2.53. The van der Waals surface area contributed by atoms with Crippen LogP contribution >= 0.6 is 34.8 Å². The predicted octanol–water partition coefficient (Wildman–Crippen LogP) is 7.56. The zero-order valence-corrected chi connectivity index (χ0v) is 28.9. The molecular formula is C35H36Cl3N3O4S. The van der Waals surface area contributed by atoms with Gasteiger partial charge in [-0.25, -0.2) is 8.42 Å². The van der Waals surface area contributed by atoms with Crippen LogP contribution in [0.15, 0.2) is 102 Å². The van der Waals surface area contributed by atoms with Crippen LogP contribution in [0.25, 0.3) is 0 Å². The summed E-state index contributed by atoms with van der Waals surface area (Å²) in [6.45, 7) is 5.58. The van der Waals surface area contributed by atoms with Crippen molar-refractivity contribution in [1.82, 2.24) is 10.2 Å². The number of carbonyl (C=O) groups is 2. The normalized spacial score (nSPS) is 12.1. The molecule has 242 valence electrons. The first-order chi connectivity index (χ1) is 21.8. The summed E-state index contributed by atoms with van der Waals surface area (Å²) in [6.07, 6.45) is 0.194. The van der Waals surface area contributed by atoms with Crippen molar-refractivity contribution in [3.63, 3.8) is 0 Å². The van der Waals surface area contributed by atoms with Gasteiger partial charge in [0, 0.05) is 24.5 Å². The molecule has 0 aliphatic heterocycles. The zero-order chi connectivity index (χ0) is 33.4. The van der Waals surface area contributed by atoms with Gasteiger partial charge in [-0.3, -0.25) is 13.9 Å². The Morgan fingerprint density at radius 1 is 0.804 bits per heavy atom. The van der Waals surface area contributed by atoms with E-state index in [0.717, 1.165) is 15.4 Å². The molecule has 46 heavy (non-hydrogen) atoms. The van der Waals surface area contributed by atoms with Gasteiger partial charge in [0.05, 0.1) is 20.6 Å². The molecule has 4 rings (SSSR count). The van der Waals surface area contributed by atoms with Crippen molar-refractivity contribution in [3.05, 3.63) is 129 Å². The Morgan fingerprint density at radius 3 is 2.13 bits per heavy atom. The molecule has 0 aromatic heterocycles. The number of sulfonamides is 1. The van der Waals surface area contributed by atoms with Gasteiger partial charge in [0.15, 0.2) is 0 Å². The van der Waals surface area contributed by atoms with Crippen LogP contribution in [0.3, 0.4) is 0 Å². The smallest absolute Gasteiger partial charge is 0.264 e. The maximum Gasteiger partial charge on any atom is 0.264 e. The van der Waals surface area contributed by atoms with Crippen molar-refractivity contribution in [2.45, 2.75) is 44.7 Å². The van der Waals surface area contributed by atoms with Crippen LogP contribution < -0.4 is 9.62 Å². The highest BCUT2D eigenvalue weighted by molar-refractivity contribution is 7.92. The zero-order valence-electron chi connectivity index (χ0n) is 25.8. The van der Waals surface area contributed by atoms with Gasteiger partial charge < -0.3 is 10.2 Å². The second-order valence-corrected chi connectivity index (χ2v) is 14.5. The lowest BCUT2D eigenvalue weighted by molar-refractivity contribution is -0.140. The van der Waals surface area contributed by atoms with Crippen molar-refractivity contribution in [1.29, 1.82) is 0 Å². The molecule has 0 unspecified atom stereocenters. The number of hydrogen-bond acceptors (Lipinski definition) is 4. The summed E-state index contributed by atoms with van der Waals surface area (Å²) in [7, 11) is -4.24. The molecular weight excluding hydrogens is 665 g/mol. The monoisotopic (exact) mass is 699 g/mol. The Balaban J connectivity index is 1.81. The fraction of sp³-hybridized carbons (Fsp3) is 0.257. The number of amides is 2. The number of rotatable bonds is 13. The molecule has 0 fully saturated rings. The summed E-state index contributed by atoms with van der Waals surface area (Å²) in [6, 6.07) is 26.0. The minimum absolute atomic E-state index is 0.0115. The summed E-state index contributed by atoms with van der Waals surface area (Å²) in [5.41, 5.74) is 2.54. The average Bonchev–Trinajstić information content (AvgIpc) is 3.02. The van der Waals surface area contributed by atoms with E-state index in [2.05, 4.69) is 5.32 Å². The van der Waals surface area contributed by atoms with Crippen molar-refractivity contribution in [2.24, 2.45) is 5.92 Å². The first-order valence-corrected chi connectivity index (χ1v) is 17.3. The van der Waals surface area contributed by atoms with E-state index >= 15 is 0 Å².